The molecule has 1 saturated carbocycles. The van der Waals surface area contributed by atoms with Gasteiger partial charge in [0.05, 0.1) is 53.5 Å². The zero-order valence-corrected chi connectivity index (χ0v) is 20.2. The summed E-state index contributed by atoms with van der Waals surface area (Å²) in [5.41, 5.74) is 0.214. The van der Waals surface area contributed by atoms with E-state index < -0.39 is 22.5 Å². The first kappa shape index (κ1) is 24.1. The van der Waals surface area contributed by atoms with Crippen LogP contribution in [-0.2, 0) is 10.2 Å². The van der Waals surface area contributed by atoms with E-state index >= 15 is 0 Å². The van der Waals surface area contributed by atoms with Gasteiger partial charge in [-0.2, -0.15) is 10.2 Å². The van der Waals surface area contributed by atoms with Crippen LogP contribution in [0, 0.1) is 23.0 Å². The van der Waals surface area contributed by atoms with E-state index in [1.165, 1.54) is 24.4 Å². The predicted octanol–water partition coefficient (Wildman–Crippen LogP) is 5.13. The van der Waals surface area contributed by atoms with E-state index in [1.54, 1.807) is 12.3 Å². The van der Waals surface area contributed by atoms with Crippen molar-refractivity contribution < 1.29 is 18.3 Å². The zero-order chi connectivity index (χ0) is 25.7. The van der Waals surface area contributed by atoms with Gasteiger partial charge in [-0.1, -0.05) is 33.1 Å². The van der Waals surface area contributed by atoms with E-state index in [0.717, 1.165) is 0 Å². The number of hydrogen-bond acceptors (Lipinski definition) is 6. The number of hydrogen-bond donors (Lipinski definition) is 1. The van der Waals surface area contributed by atoms with Gasteiger partial charge in [-0.05, 0) is 48.0 Å². The first-order chi connectivity index (χ1) is 17.1. The molecule has 7 nitrogen and oxygen atoms in total. The molecule has 9 heteroatoms. The molecule has 2 bridgehead atoms. The molecule has 1 aromatic carbocycles. The molecule has 36 heavy (non-hydrogen) atoms. The fourth-order valence-corrected chi connectivity index (χ4v) is 5.74. The fraction of sp³-hybridized carbons (Fsp3) is 0.370. The maximum atomic E-state index is 14.6. The van der Waals surface area contributed by atoms with Crippen molar-refractivity contribution in [3.05, 3.63) is 89.7 Å². The molecule has 1 saturated heterocycles. The summed E-state index contributed by atoms with van der Waals surface area (Å²) in [5.74, 6) is -1.90. The van der Waals surface area contributed by atoms with Crippen LogP contribution in [0.2, 0.25) is 0 Å². The van der Waals surface area contributed by atoms with Gasteiger partial charge in [-0.3, -0.25) is 9.78 Å². The minimum atomic E-state index is -0.829. The highest BCUT2D eigenvalue weighted by atomic mass is 19.1. The molecule has 3 heterocycles. The molecule has 0 radical (unpaired) electrons. The molecule has 1 aromatic heterocycles. The highest BCUT2D eigenvalue weighted by Gasteiger charge is 2.59. The van der Waals surface area contributed by atoms with Crippen LogP contribution in [0.15, 0.2) is 71.3 Å². The Hall–Kier alpha value is -3.59. The minimum Gasteiger partial charge on any atom is -0.377 e. The van der Waals surface area contributed by atoms with Crippen molar-refractivity contribution >= 4 is 11.6 Å². The molecule has 1 aliphatic carbocycles. The van der Waals surface area contributed by atoms with Gasteiger partial charge in [0.15, 0.2) is 0 Å². The number of ether oxygens (including phenoxy) is 1. The molecule has 2 atom stereocenters. The van der Waals surface area contributed by atoms with Crippen molar-refractivity contribution in [2.45, 2.75) is 38.1 Å². The number of rotatable bonds is 4. The number of azo groups is 1. The quantitative estimate of drug-likeness (QED) is 0.642. The van der Waals surface area contributed by atoms with Crippen molar-refractivity contribution in [3.63, 3.8) is 0 Å². The Bertz CT molecular complexity index is 1310. The minimum absolute atomic E-state index is 0.0391. The third-order valence-corrected chi connectivity index (χ3v) is 7.82. The Morgan fingerprint density at radius 1 is 1.14 bits per heavy atom. The monoisotopic (exact) mass is 491 g/mol. The molecule has 5 rings (SSSR count). The smallest absolute Gasteiger partial charge is 0.271 e. The summed E-state index contributed by atoms with van der Waals surface area (Å²) < 4.78 is 34.4. The van der Waals surface area contributed by atoms with Crippen molar-refractivity contribution in [2.75, 3.05) is 13.2 Å². The normalized spacial score (nSPS) is 26.9. The average Bonchev–Trinajstić information content (AvgIpc) is 3.11. The lowest BCUT2D eigenvalue weighted by molar-refractivity contribution is -0.00356. The van der Waals surface area contributed by atoms with Gasteiger partial charge in [0.2, 0.25) is 0 Å². The average molecular weight is 492 g/mol. The molecule has 186 valence electrons. The lowest BCUT2D eigenvalue weighted by Crippen LogP contribution is -2.49. The maximum absolute atomic E-state index is 14.6. The van der Waals surface area contributed by atoms with Crippen LogP contribution in [0.1, 0.15) is 48.4 Å². The van der Waals surface area contributed by atoms with Gasteiger partial charge >= 0.3 is 0 Å². The number of nitrogens with one attached hydrogen (secondary N) is 1. The molecule has 1 amide bonds. The summed E-state index contributed by atoms with van der Waals surface area (Å²) in [6.45, 7) is 13.6. The van der Waals surface area contributed by atoms with Crippen LogP contribution in [0.4, 0.5) is 8.78 Å². The molecule has 2 fully saturated rings. The van der Waals surface area contributed by atoms with Crippen LogP contribution in [0.25, 0.3) is 5.70 Å². The van der Waals surface area contributed by atoms with E-state index in [2.05, 4.69) is 47.5 Å². The van der Waals surface area contributed by atoms with Gasteiger partial charge < -0.3 is 10.1 Å². The van der Waals surface area contributed by atoms with Crippen LogP contribution < -0.4 is 5.32 Å². The SMILES string of the molecule is C=C1/C=C(/c2c(F)cccc2F)N=NC(=C)C2(c3cncc(C(=O)NC4COC4)n3)CC[C@H]1C2(C)C. The Labute approximate surface area is 208 Å². The topological polar surface area (TPSA) is 88.8 Å². The van der Waals surface area contributed by atoms with Gasteiger partial charge in [0, 0.05) is 6.20 Å². The van der Waals surface area contributed by atoms with Gasteiger partial charge in [0.25, 0.3) is 5.91 Å². The van der Waals surface area contributed by atoms with Crippen LogP contribution in [0.5, 0.6) is 0 Å². The second-order valence-electron chi connectivity index (χ2n) is 10.1. The molecule has 1 unspecified atom stereocenters. The summed E-state index contributed by atoms with van der Waals surface area (Å²) in [4.78, 5) is 21.8. The summed E-state index contributed by atoms with van der Waals surface area (Å²) in [7, 11) is 0. The molecule has 2 aromatic rings. The van der Waals surface area contributed by atoms with E-state index in [9.17, 15) is 13.6 Å². The molecular weight excluding hydrogens is 464 g/mol. The number of allylic oxidation sites excluding steroid dienone is 3. The molecule has 1 N–H and O–H groups in total. The standard InChI is InChI=1S/C27H27F2N5O2/c1-15-10-21(24-19(28)6-5-7-20(24)29)34-33-16(2)27(9-8-18(15)26(27,3)4)23-12-30-11-22(32-23)25(35)31-17-13-36-14-17/h5-7,10-12,17-18H,1-2,8-9,13-14H2,3-4H3,(H,31,35)/b21-10-,34-33?/t18-,27?/m1/s1. The number of nitrogens with zero attached hydrogens (tertiary/aromatic N) is 4. The molecule has 2 aliphatic heterocycles. The summed E-state index contributed by atoms with van der Waals surface area (Å²) in [5, 5.41) is 11.5. The number of aromatic nitrogens is 2. The van der Waals surface area contributed by atoms with Gasteiger partial charge in [-0.25, -0.2) is 13.8 Å². The Morgan fingerprint density at radius 2 is 1.86 bits per heavy atom. The zero-order valence-electron chi connectivity index (χ0n) is 20.2. The largest absolute Gasteiger partial charge is 0.377 e. The van der Waals surface area contributed by atoms with Crippen molar-refractivity contribution in [3.8, 4) is 0 Å². The third-order valence-electron chi connectivity index (χ3n) is 7.82. The number of benzene rings is 1. The van der Waals surface area contributed by atoms with E-state index in [0.29, 0.717) is 43.0 Å². The first-order valence-corrected chi connectivity index (χ1v) is 11.8. The summed E-state index contributed by atoms with van der Waals surface area (Å²) in [6, 6.07) is 3.61. The highest BCUT2D eigenvalue weighted by Crippen LogP contribution is 2.62. The number of amides is 1. The second-order valence-corrected chi connectivity index (χ2v) is 10.1. The number of carbonyl (C=O) groups is 1. The lowest BCUT2D eigenvalue weighted by Gasteiger charge is -2.43. The van der Waals surface area contributed by atoms with E-state index in [1.807, 2.05) is 0 Å². The first-order valence-electron chi connectivity index (χ1n) is 11.8. The van der Waals surface area contributed by atoms with Crippen molar-refractivity contribution in [1.82, 2.24) is 15.3 Å². The Kier molecular flexibility index (Phi) is 5.90. The Morgan fingerprint density at radius 3 is 2.53 bits per heavy atom. The Balaban J connectivity index is 1.59. The van der Waals surface area contributed by atoms with E-state index in [-0.39, 0.29) is 34.8 Å². The van der Waals surface area contributed by atoms with Crippen molar-refractivity contribution in [2.24, 2.45) is 21.6 Å². The summed E-state index contributed by atoms with van der Waals surface area (Å²) in [6.07, 6.45) is 5.98. The fourth-order valence-electron chi connectivity index (χ4n) is 5.74. The number of fused-ring (bicyclic) bond motifs is 2. The van der Waals surface area contributed by atoms with Crippen LogP contribution in [-0.4, -0.2) is 35.1 Å². The predicted molar refractivity (Wildman–Crippen MR) is 130 cm³/mol. The lowest BCUT2D eigenvalue weighted by atomic mass is 9.60. The third kappa shape index (κ3) is 3.69. The maximum Gasteiger partial charge on any atom is 0.271 e. The number of carbonyl (C=O) groups excluding carboxylic acids is 1. The van der Waals surface area contributed by atoms with Crippen LogP contribution >= 0.6 is 0 Å². The summed E-state index contributed by atoms with van der Waals surface area (Å²) >= 11 is 0. The van der Waals surface area contributed by atoms with Gasteiger partial charge in [0.1, 0.15) is 17.3 Å². The second kappa shape index (κ2) is 8.81. The number of halogens is 2. The van der Waals surface area contributed by atoms with E-state index in [4.69, 9.17) is 9.72 Å². The molecule has 3 aliphatic rings. The van der Waals surface area contributed by atoms with Crippen molar-refractivity contribution in [1.29, 1.82) is 0 Å². The molecular formula is C27H27F2N5O2. The highest BCUT2D eigenvalue weighted by molar-refractivity contribution is 5.92. The molecule has 0 spiro atoms. The van der Waals surface area contributed by atoms with Crippen LogP contribution in [0.3, 0.4) is 0 Å². The van der Waals surface area contributed by atoms with Gasteiger partial charge in [-0.15, -0.1) is 0 Å².